The monoisotopic (exact) mass is 359 g/mol. The Hall–Kier alpha value is -1.62. The van der Waals surface area contributed by atoms with Gasteiger partial charge in [-0.3, -0.25) is 4.79 Å². The number of carbonyl (C=O) groups excluding carboxylic acids is 1. The van der Waals surface area contributed by atoms with E-state index in [-0.39, 0.29) is 0 Å². The molecule has 1 amide bonds. The molecule has 0 unspecified atom stereocenters. The van der Waals surface area contributed by atoms with Crippen LogP contribution in [0.25, 0.3) is 10.9 Å². The van der Waals surface area contributed by atoms with E-state index in [9.17, 15) is 4.79 Å². The molecule has 0 spiro atoms. The van der Waals surface area contributed by atoms with Gasteiger partial charge in [0.2, 0.25) is 5.91 Å². The molecule has 0 radical (unpaired) electrons. The molecule has 1 aliphatic heterocycles. The van der Waals surface area contributed by atoms with Gasteiger partial charge in [-0.1, -0.05) is 22.0 Å². The molecule has 1 aromatic heterocycles. The van der Waals surface area contributed by atoms with Gasteiger partial charge in [-0.25, -0.2) is 4.98 Å². The highest BCUT2D eigenvalue weighted by Crippen LogP contribution is 2.31. The van der Waals surface area contributed by atoms with Gasteiger partial charge in [0.25, 0.3) is 0 Å². The van der Waals surface area contributed by atoms with Gasteiger partial charge in [-0.15, -0.1) is 0 Å². The highest BCUT2D eigenvalue weighted by atomic mass is 79.9. The molecule has 0 N–H and O–H groups in total. The van der Waals surface area contributed by atoms with Crippen LogP contribution < -0.4 is 4.90 Å². The number of aromatic nitrogens is 1. The smallest absolute Gasteiger partial charge is 0.225 e. The van der Waals surface area contributed by atoms with E-state index in [0.29, 0.717) is 11.8 Å². The van der Waals surface area contributed by atoms with Crippen molar-refractivity contribution >= 4 is 38.6 Å². The molecule has 1 aliphatic carbocycles. The zero-order valence-corrected chi connectivity index (χ0v) is 13.9. The molecule has 4 nitrogen and oxygen atoms in total. The molecule has 2 heterocycles. The summed E-state index contributed by atoms with van der Waals surface area (Å²) in [5.74, 6) is 1.68. The second-order valence-electron chi connectivity index (χ2n) is 6.09. The number of pyridine rings is 1. The Kier molecular flexibility index (Phi) is 3.53. The maximum atomic E-state index is 12.1. The Bertz CT molecular complexity index is 721. The van der Waals surface area contributed by atoms with E-state index >= 15 is 0 Å². The van der Waals surface area contributed by atoms with Gasteiger partial charge in [0, 0.05) is 42.0 Å². The normalized spacial score (nSPS) is 18.8. The molecule has 1 saturated carbocycles. The minimum absolute atomic E-state index is 0.322. The van der Waals surface area contributed by atoms with Gasteiger partial charge >= 0.3 is 0 Å². The van der Waals surface area contributed by atoms with Crippen LogP contribution in [0.3, 0.4) is 0 Å². The Morgan fingerprint density at radius 1 is 1.09 bits per heavy atom. The first kappa shape index (κ1) is 14.0. The lowest BCUT2D eigenvalue weighted by Gasteiger charge is -2.35. The van der Waals surface area contributed by atoms with E-state index in [1.807, 2.05) is 17.0 Å². The van der Waals surface area contributed by atoms with Crippen molar-refractivity contribution < 1.29 is 4.79 Å². The SMILES string of the molecule is O=C(C1CC1)N1CCN(c2ccc3ccc(Br)cc3n2)CC1. The van der Waals surface area contributed by atoms with Crippen LogP contribution in [0.1, 0.15) is 12.8 Å². The summed E-state index contributed by atoms with van der Waals surface area (Å²) in [6.07, 6.45) is 2.17. The fraction of sp³-hybridized carbons (Fsp3) is 0.412. The lowest BCUT2D eigenvalue weighted by Crippen LogP contribution is -2.49. The van der Waals surface area contributed by atoms with Gasteiger partial charge in [-0.2, -0.15) is 0 Å². The summed E-state index contributed by atoms with van der Waals surface area (Å²) in [4.78, 5) is 21.2. The van der Waals surface area contributed by atoms with Crippen LogP contribution in [-0.4, -0.2) is 42.0 Å². The first-order valence-corrected chi connectivity index (χ1v) is 8.60. The summed E-state index contributed by atoms with van der Waals surface area (Å²) < 4.78 is 1.05. The van der Waals surface area contributed by atoms with Crippen molar-refractivity contribution in [2.75, 3.05) is 31.1 Å². The fourth-order valence-corrected chi connectivity index (χ4v) is 3.35. The molecule has 4 rings (SSSR count). The second kappa shape index (κ2) is 5.54. The van der Waals surface area contributed by atoms with Crippen LogP contribution in [0.5, 0.6) is 0 Å². The van der Waals surface area contributed by atoms with Gasteiger partial charge in [0.15, 0.2) is 0 Å². The Balaban J connectivity index is 1.49. The second-order valence-corrected chi connectivity index (χ2v) is 7.01. The molecular formula is C17H18BrN3O. The molecule has 2 fully saturated rings. The van der Waals surface area contributed by atoms with Crippen LogP contribution in [0.4, 0.5) is 5.82 Å². The largest absolute Gasteiger partial charge is 0.353 e. The Morgan fingerprint density at radius 2 is 1.82 bits per heavy atom. The zero-order valence-electron chi connectivity index (χ0n) is 12.3. The third-order valence-corrected chi connectivity index (χ3v) is 4.97. The van der Waals surface area contributed by atoms with Crippen LogP contribution in [0.15, 0.2) is 34.8 Å². The highest BCUT2D eigenvalue weighted by molar-refractivity contribution is 9.10. The first-order chi connectivity index (χ1) is 10.7. The lowest BCUT2D eigenvalue weighted by molar-refractivity contribution is -0.132. The summed E-state index contributed by atoms with van der Waals surface area (Å²) in [6.45, 7) is 3.36. The van der Waals surface area contributed by atoms with Crippen LogP contribution in [-0.2, 0) is 4.79 Å². The van der Waals surface area contributed by atoms with Crippen molar-refractivity contribution in [1.29, 1.82) is 0 Å². The summed E-state index contributed by atoms with van der Waals surface area (Å²) in [5.41, 5.74) is 1.00. The van der Waals surface area contributed by atoms with Crippen LogP contribution in [0, 0.1) is 5.92 Å². The minimum atomic E-state index is 0.322. The molecule has 2 aliphatic rings. The third kappa shape index (κ3) is 2.70. The Labute approximate surface area is 138 Å². The number of fused-ring (bicyclic) bond motifs is 1. The fourth-order valence-electron chi connectivity index (χ4n) is 3.00. The predicted octanol–water partition coefficient (Wildman–Crippen LogP) is 3.06. The maximum Gasteiger partial charge on any atom is 0.225 e. The molecule has 1 saturated heterocycles. The van der Waals surface area contributed by atoms with E-state index in [4.69, 9.17) is 4.98 Å². The van der Waals surface area contributed by atoms with Crippen molar-refractivity contribution in [1.82, 2.24) is 9.88 Å². The summed E-state index contributed by atoms with van der Waals surface area (Å²) in [7, 11) is 0. The van der Waals surface area contributed by atoms with E-state index in [0.717, 1.165) is 60.2 Å². The van der Waals surface area contributed by atoms with Crippen LogP contribution >= 0.6 is 15.9 Å². The van der Waals surface area contributed by atoms with Gasteiger partial charge in [0.05, 0.1) is 5.52 Å². The molecule has 2 aromatic rings. The summed E-state index contributed by atoms with van der Waals surface area (Å²) in [6, 6.07) is 10.3. The van der Waals surface area contributed by atoms with E-state index in [2.05, 4.69) is 39.0 Å². The molecule has 1 aromatic carbocycles. The highest BCUT2D eigenvalue weighted by Gasteiger charge is 2.34. The molecule has 5 heteroatoms. The predicted molar refractivity (Wildman–Crippen MR) is 91.0 cm³/mol. The lowest BCUT2D eigenvalue weighted by atomic mass is 10.2. The van der Waals surface area contributed by atoms with E-state index in [1.165, 1.54) is 0 Å². The average molecular weight is 360 g/mol. The number of hydrogen-bond acceptors (Lipinski definition) is 3. The number of amides is 1. The van der Waals surface area contributed by atoms with Crippen molar-refractivity contribution in [3.63, 3.8) is 0 Å². The van der Waals surface area contributed by atoms with Crippen molar-refractivity contribution in [2.24, 2.45) is 5.92 Å². The zero-order chi connectivity index (χ0) is 15.1. The van der Waals surface area contributed by atoms with E-state index < -0.39 is 0 Å². The average Bonchev–Trinajstić information content (AvgIpc) is 3.38. The van der Waals surface area contributed by atoms with Crippen molar-refractivity contribution in [3.05, 3.63) is 34.8 Å². The summed E-state index contributed by atoms with van der Waals surface area (Å²) in [5, 5.41) is 1.15. The summed E-state index contributed by atoms with van der Waals surface area (Å²) >= 11 is 3.50. The van der Waals surface area contributed by atoms with Gasteiger partial charge in [0.1, 0.15) is 5.82 Å². The maximum absolute atomic E-state index is 12.1. The van der Waals surface area contributed by atoms with Gasteiger partial charge < -0.3 is 9.80 Å². The van der Waals surface area contributed by atoms with Crippen molar-refractivity contribution in [2.45, 2.75) is 12.8 Å². The minimum Gasteiger partial charge on any atom is -0.353 e. The molecule has 22 heavy (non-hydrogen) atoms. The molecule has 114 valence electrons. The third-order valence-electron chi connectivity index (χ3n) is 4.48. The standard InChI is InChI=1S/C17H18BrN3O/c18-14-5-3-12-4-6-16(19-15(12)11-14)20-7-9-21(10-8-20)17(22)13-1-2-13/h3-6,11,13H,1-2,7-10H2. The number of nitrogens with zero attached hydrogens (tertiary/aromatic N) is 3. The Morgan fingerprint density at radius 3 is 2.55 bits per heavy atom. The number of piperazine rings is 1. The number of benzene rings is 1. The van der Waals surface area contributed by atoms with Crippen molar-refractivity contribution in [3.8, 4) is 0 Å². The topological polar surface area (TPSA) is 36.4 Å². The number of hydrogen-bond donors (Lipinski definition) is 0. The number of halogens is 1. The number of rotatable bonds is 2. The van der Waals surface area contributed by atoms with Gasteiger partial charge in [-0.05, 0) is 37.1 Å². The molecule has 0 atom stereocenters. The quantitative estimate of drug-likeness (QED) is 0.826. The molecular weight excluding hydrogens is 342 g/mol. The molecule has 0 bridgehead atoms. The van der Waals surface area contributed by atoms with Crippen LogP contribution in [0.2, 0.25) is 0 Å². The van der Waals surface area contributed by atoms with E-state index in [1.54, 1.807) is 0 Å². The first-order valence-electron chi connectivity index (χ1n) is 7.81. The number of carbonyl (C=O) groups is 1. The number of anilines is 1.